The highest BCUT2D eigenvalue weighted by atomic mass is 15.3. The molecule has 3 aliphatic rings. The van der Waals surface area contributed by atoms with Crippen molar-refractivity contribution in [2.45, 2.75) is 32.0 Å². The van der Waals surface area contributed by atoms with Gasteiger partial charge in [-0.3, -0.25) is 19.8 Å². The summed E-state index contributed by atoms with van der Waals surface area (Å²) in [4.78, 5) is 23.2. The van der Waals surface area contributed by atoms with Gasteiger partial charge in [-0.05, 0) is 43.0 Å². The van der Waals surface area contributed by atoms with Crippen LogP contribution in [0.2, 0.25) is 0 Å². The van der Waals surface area contributed by atoms with Gasteiger partial charge in [0.05, 0.1) is 5.69 Å². The molecular formula is C23H26N6. The van der Waals surface area contributed by atoms with Gasteiger partial charge < -0.3 is 0 Å². The molecule has 0 N–H and O–H groups in total. The molecule has 3 fully saturated rings. The summed E-state index contributed by atoms with van der Waals surface area (Å²) >= 11 is 0. The van der Waals surface area contributed by atoms with Crippen LogP contribution in [0.3, 0.4) is 0 Å². The Kier molecular flexibility index (Phi) is 5.28. The van der Waals surface area contributed by atoms with E-state index in [1.165, 1.54) is 30.6 Å². The molecule has 2 unspecified atom stereocenters. The fraction of sp³-hybridized carbons (Fsp3) is 0.391. The summed E-state index contributed by atoms with van der Waals surface area (Å²) in [5.74, 6) is 1.42. The van der Waals surface area contributed by atoms with E-state index in [-0.39, 0.29) is 0 Å². The lowest BCUT2D eigenvalue weighted by Crippen LogP contribution is -2.43. The van der Waals surface area contributed by atoms with Crippen molar-refractivity contribution in [3.05, 3.63) is 72.4 Å². The normalized spacial score (nSPS) is 22.5. The minimum atomic E-state index is 0.591. The van der Waals surface area contributed by atoms with Crippen LogP contribution in [0, 0.1) is 5.92 Å². The largest absolute Gasteiger partial charge is 0.296 e. The van der Waals surface area contributed by atoms with Crippen molar-refractivity contribution in [2.24, 2.45) is 5.92 Å². The Morgan fingerprint density at radius 3 is 2.38 bits per heavy atom. The van der Waals surface area contributed by atoms with Gasteiger partial charge in [0, 0.05) is 69.1 Å². The summed E-state index contributed by atoms with van der Waals surface area (Å²) < 4.78 is 0. The second-order valence-electron chi connectivity index (χ2n) is 8.17. The molecule has 0 aliphatic carbocycles. The van der Waals surface area contributed by atoms with Crippen molar-refractivity contribution in [3.8, 4) is 11.5 Å². The number of rotatable bonds is 5. The van der Waals surface area contributed by atoms with Gasteiger partial charge >= 0.3 is 0 Å². The lowest BCUT2D eigenvalue weighted by molar-refractivity contribution is 0.123. The van der Waals surface area contributed by atoms with E-state index >= 15 is 0 Å². The van der Waals surface area contributed by atoms with Crippen LogP contribution in [-0.4, -0.2) is 55.4 Å². The summed E-state index contributed by atoms with van der Waals surface area (Å²) in [7, 11) is 0. The van der Waals surface area contributed by atoms with Crippen molar-refractivity contribution >= 4 is 0 Å². The highest BCUT2D eigenvalue weighted by Crippen LogP contribution is 2.29. The van der Waals surface area contributed by atoms with Crippen LogP contribution < -0.4 is 0 Å². The highest BCUT2D eigenvalue weighted by Gasteiger charge is 2.34. The lowest BCUT2D eigenvalue weighted by Gasteiger charge is -2.36. The molecule has 3 aliphatic heterocycles. The van der Waals surface area contributed by atoms with Gasteiger partial charge in [-0.2, -0.15) is 0 Å². The number of pyridine rings is 2. The quantitative estimate of drug-likeness (QED) is 0.672. The molecule has 3 aromatic heterocycles. The van der Waals surface area contributed by atoms with Gasteiger partial charge in [0.25, 0.3) is 0 Å². The molecule has 6 heterocycles. The average Bonchev–Trinajstić information content (AvgIpc) is 3.06. The Morgan fingerprint density at radius 1 is 0.793 bits per heavy atom. The Balaban J connectivity index is 1.25. The van der Waals surface area contributed by atoms with Crippen LogP contribution in [0.1, 0.15) is 24.1 Å². The van der Waals surface area contributed by atoms with Crippen molar-refractivity contribution in [1.29, 1.82) is 0 Å². The van der Waals surface area contributed by atoms with Crippen molar-refractivity contribution in [2.75, 3.05) is 19.6 Å². The van der Waals surface area contributed by atoms with Crippen molar-refractivity contribution in [3.63, 3.8) is 0 Å². The van der Waals surface area contributed by atoms with Crippen LogP contribution >= 0.6 is 0 Å². The van der Waals surface area contributed by atoms with Gasteiger partial charge in [0.15, 0.2) is 5.82 Å². The molecule has 0 radical (unpaired) electrons. The first-order valence-corrected chi connectivity index (χ1v) is 10.4. The topological polar surface area (TPSA) is 58.0 Å². The molecule has 0 spiro atoms. The standard InChI is InChI=1S/C23H26N6/c1-3-9-24-20(5-1)16-28-13-18-7-8-21(17-28)29(14-18)15-19-11-26-23(27-12-19)22-6-2-4-10-25-22/h1-6,9-12,18,21H,7-8,13-17H2. The molecule has 0 amide bonds. The number of fused-ring (bicyclic) bond motifs is 4. The number of nitrogens with zero attached hydrogens (tertiary/aromatic N) is 6. The summed E-state index contributed by atoms with van der Waals surface area (Å²) in [6, 6.07) is 12.6. The third kappa shape index (κ3) is 4.33. The summed E-state index contributed by atoms with van der Waals surface area (Å²) in [6.07, 6.45) is 10.2. The zero-order chi connectivity index (χ0) is 19.5. The minimum Gasteiger partial charge on any atom is -0.296 e. The maximum Gasteiger partial charge on any atom is 0.178 e. The third-order valence-corrected chi connectivity index (χ3v) is 6.00. The summed E-state index contributed by atoms with van der Waals surface area (Å²) in [5.41, 5.74) is 3.16. The first kappa shape index (κ1) is 18.3. The van der Waals surface area contributed by atoms with Crippen LogP contribution in [-0.2, 0) is 13.1 Å². The molecule has 0 saturated carbocycles. The van der Waals surface area contributed by atoms with Crippen LogP contribution in [0.25, 0.3) is 11.5 Å². The molecule has 6 nitrogen and oxygen atoms in total. The van der Waals surface area contributed by atoms with Gasteiger partial charge in [0.2, 0.25) is 0 Å². The predicted octanol–water partition coefficient (Wildman–Crippen LogP) is 3.03. The zero-order valence-electron chi connectivity index (χ0n) is 16.6. The van der Waals surface area contributed by atoms with Gasteiger partial charge in [0.1, 0.15) is 5.69 Å². The van der Waals surface area contributed by atoms with E-state index in [2.05, 4.69) is 41.9 Å². The van der Waals surface area contributed by atoms with Crippen LogP contribution in [0.4, 0.5) is 0 Å². The maximum absolute atomic E-state index is 4.55. The lowest BCUT2D eigenvalue weighted by atomic mass is 9.95. The minimum absolute atomic E-state index is 0.591. The molecule has 2 bridgehead atoms. The third-order valence-electron chi connectivity index (χ3n) is 6.00. The van der Waals surface area contributed by atoms with Gasteiger partial charge in [-0.25, -0.2) is 9.97 Å². The second kappa shape index (κ2) is 8.35. The van der Waals surface area contributed by atoms with E-state index in [0.717, 1.165) is 37.8 Å². The molecule has 3 aromatic rings. The Morgan fingerprint density at radius 2 is 1.62 bits per heavy atom. The molecule has 2 atom stereocenters. The van der Waals surface area contributed by atoms with Crippen LogP contribution in [0.15, 0.2) is 61.2 Å². The van der Waals surface area contributed by atoms with Crippen LogP contribution in [0.5, 0.6) is 0 Å². The fourth-order valence-corrected chi connectivity index (χ4v) is 4.62. The van der Waals surface area contributed by atoms with E-state index in [1.807, 2.05) is 42.9 Å². The predicted molar refractivity (Wildman–Crippen MR) is 112 cm³/mol. The molecule has 148 valence electrons. The summed E-state index contributed by atoms with van der Waals surface area (Å²) in [5, 5.41) is 0. The number of hydrogen-bond acceptors (Lipinski definition) is 6. The van der Waals surface area contributed by atoms with E-state index < -0.39 is 0 Å². The molecule has 3 saturated heterocycles. The maximum atomic E-state index is 4.55. The highest BCUT2D eigenvalue weighted by molar-refractivity contribution is 5.47. The molecular weight excluding hydrogens is 360 g/mol. The molecule has 0 aromatic carbocycles. The SMILES string of the molecule is c1ccc(CN2CC3CCC(C2)N(Cc2cnc(-c4ccccn4)nc2)C3)nc1. The van der Waals surface area contributed by atoms with Gasteiger partial charge in [-0.1, -0.05) is 12.1 Å². The van der Waals surface area contributed by atoms with E-state index in [0.29, 0.717) is 11.9 Å². The van der Waals surface area contributed by atoms with Crippen molar-refractivity contribution in [1.82, 2.24) is 29.7 Å². The first-order chi connectivity index (χ1) is 14.3. The van der Waals surface area contributed by atoms with Gasteiger partial charge in [-0.15, -0.1) is 0 Å². The first-order valence-electron chi connectivity index (χ1n) is 10.4. The Bertz CT molecular complexity index is 915. The second-order valence-corrected chi connectivity index (χ2v) is 8.17. The number of piperidine rings is 1. The Hall–Kier alpha value is -2.70. The Labute approximate surface area is 171 Å². The van der Waals surface area contributed by atoms with E-state index in [4.69, 9.17) is 0 Å². The van der Waals surface area contributed by atoms with E-state index in [9.17, 15) is 0 Å². The summed E-state index contributed by atoms with van der Waals surface area (Å²) in [6.45, 7) is 5.30. The molecule has 29 heavy (non-hydrogen) atoms. The number of hydrogen-bond donors (Lipinski definition) is 0. The average molecular weight is 387 g/mol. The number of aromatic nitrogens is 4. The fourth-order valence-electron chi connectivity index (χ4n) is 4.62. The van der Waals surface area contributed by atoms with Crippen molar-refractivity contribution < 1.29 is 0 Å². The zero-order valence-corrected chi connectivity index (χ0v) is 16.6. The monoisotopic (exact) mass is 386 g/mol. The molecule has 6 heteroatoms. The molecule has 6 rings (SSSR count). The smallest absolute Gasteiger partial charge is 0.178 e. The van der Waals surface area contributed by atoms with E-state index in [1.54, 1.807) is 6.20 Å².